The molecule has 0 nitrogen and oxygen atoms in total. The molecule has 56 valence electrons. The van der Waals surface area contributed by atoms with Gasteiger partial charge in [-0.15, -0.1) is 0 Å². The van der Waals surface area contributed by atoms with Crippen LogP contribution in [0.3, 0.4) is 0 Å². The molecule has 0 heterocycles. The van der Waals surface area contributed by atoms with Gasteiger partial charge >= 0.3 is 0 Å². The Labute approximate surface area is 74.0 Å². The Kier molecular flexibility index (Phi) is 3.85. The largest absolute Gasteiger partial charge is 0.174 e. The predicted octanol–water partition coefficient (Wildman–Crippen LogP) is 2.52. The van der Waals surface area contributed by atoms with E-state index in [1.165, 1.54) is 0 Å². The average molecular weight is 182 g/mol. The van der Waals surface area contributed by atoms with E-state index in [4.69, 9.17) is 0 Å². The fourth-order valence-electron chi connectivity index (χ4n) is 0.482. The summed E-state index contributed by atoms with van der Waals surface area (Å²) in [5.41, 5.74) is 0. The molecule has 0 N–H and O–H groups in total. The minimum absolute atomic E-state index is 0.212. The van der Waals surface area contributed by atoms with Gasteiger partial charge in [0.15, 0.2) is 0 Å². The van der Waals surface area contributed by atoms with Crippen LogP contribution in [0.15, 0.2) is 0 Å². The van der Waals surface area contributed by atoms with Crippen molar-refractivity contribution in [3.8, 4) is 0 Å². The highest BCUT2D eigenvalue weighted by molar-refractivity contribution is 8.02. The van der Waals surface area contributed by atoms with Crippen LogP contribution in [0, 0.1) is 5.92 Å². The molecule has 0 spiro atoms. The summed E-state index contributed by atoms with van der Waals surface area (Å²) in [5.74, 6) is 0.441. The van der Waals surface area contributed by atoms with E-state index in [2.05, 4.69) is 51.7 Å². The number of thiol groups is 3. The minimum atomic E-state index is -0.247. The van der Waals surface area contributed by atoms with E-state index in [1.807, 2.05) is 6.92 Å². The Bertz CT molecular complexity index is 76.3. The molecule has 0 aliphatic carbocycles. The van der Waals surface area contributed by atoms with Gasteiger partial charge in [0, 0.05) is 5.25 Å². The molecule has 0 bridgehead atoms. The second-order valence-electron chi connectivity index (χ2n) is 2.61. The average Bonchev–Trinajstić information content (AvgIpc) is 1.65. The lowest BCUT2D eigenvalue weighted by molar-refractivity contribution is 0.572. The third kappa shape index (κ3) is 2.64. The second kappa shape index (κ2) is 3.44. The number of hydrogen-bond donors (Lipinski definition) is 3. The second-order valence-corrected chi connectivity index (χ2v) is 5.22. The van der Waals surface area contributed by atoms with E-state index < -0.39 is 0 Å². The monoisotopic (exact) mass is 182 g/mol. The standard InChI is InChI=1S/C6H14S3/c1-4(2)6(8,9)5(3)7/h4-5,7-9H,1-3H3. The maximum absolute atomic E-state index is 4.36. The third-order valence-electron chi connectivity index (χ3n) is 1.46. The van der Waals surface area contributed by atoms with Crippen molar-refractivity contribution in [1.29, 1.82) is 0 Å². The molecule has 0 rings (SSSR count). The fraction of sp³-hybridized carbons (Fsp3) is 1.00. The lowest BCUT2D eigenvalue weighted by atomic mass is 10.1. The molecule has 0 aliphatic heterocycles. The fourth-order valence-corrected chi connectivity index (χ4v) is 0.781. The highest BCUT2D eigenvalue weighted by atomic mass is 32.2. The van der Waals surface area contributed by atoms with Crippen molar-refractivity contribution in [2.45, 2.75) is 30.1 Å². The summed E-state index contributed by atoms with van der Waals surface area (Å²) < 4.78 is -0.247. The van der Waals surface area contributed by atoms with Gasteiger partial charge in [0.1, 0.15) is 0 Å². The van der Waals surface area contributed by atoms with E-state index in [9.17, 15) is 0 Å². The molecule has 0 saturated carbocycles. The van der Waals surface area contributed by atoms with Crippen LogP contribution in [0.2, 0.25) is 0 Å². The van der Waals surface area contributed by atoms with Crippen LogP contribution in [0.1, 0.15) is 20.8 Å². The first-order valence-corrected chi connectivity index (χ1v) is 4.43. The lowest BCUT2D eigenvalue weighted by Crippen LogP contribution is -2.30. The van der Waals surface area contributed by atoms with Crippen molar-refractivity contribution in [3.05, 3.63) is 0 Å². The summed E-state index contributed by atoms with van der Waals surface area (Å²) in [4.78, 5) is 0. The van der Waals surface area contributed by atoms with E-state index >= 15 is 0 Å². The van der Waals surface area contributed by atoms with E-state index in [0.29, 0.717) is 5.92 Å². The van der Waals surface area contributed by atoms with Gasteiger partial charge in [-0.25, -0.2) is 0 Å². The van der Waals surface area contributed by atoms with E-state index in [-0.39, 0.29) is 9.33 Å². The Morgan fingerprint density at radius 2 is 1.44 bits per heavy atom. The zero-order valence-corrected chi connectivity index (χ0v) is 8.68. The molecule has 9 heavy (non-hydrogen) atoms. The zero-order valence-electron chi connectivity index (χ0n) is 6.00. The molecule has 1 unspecified atom stereocenters. The van der Waals surface area contributed by atoms with Gasteiger partial charge in [0.05, 0.1) is 4.08 Å². The van der Waals surface area contributed by atoms with Crippen molar-refractivity contribution in [3.63, 3.8) is 0 Å². The molecule has 3 heteroatoms. The Morgan fingerprint density at radius 3 is 1.44 bits per heavy atom. The summed E-state index contributed by atoms with van der Waals surface area (Å²) in [5, 5.41) is 0.212. The molecule has 0 radical (unpaired) electrons. The first-order chi connectivity index (χ1) is 3.89. The topological polar surface area (TPSA) is 0 Å². The summed E-state index contributed by atoms with van der Waals surface area (Å²) in [6.45, 7) is 6.18. The van der Waals surface area contributed by atoms with Gasteiger partial charge in [-0.1, -0.05) is 20.8 Å². The summed E-state index contributed by atoms with van der Waals surface area (Å²) in [6.07, 6.45) is 0. The molecule has 1 atom stereocenters. The van der Waals surface area contributed by atoms with Crippen LogP contribution >= 0.6 is 37.9 Å². The highest BCUT2D eigenvalue weighted by Gasteiger charge is 2.28. The van der Waals surface area contributed by atoms with Gasteiger partial charge in [-0.2, -0.15) is 37.9 Å². The van der Waals surface area contributed by atoms with Crippen molar-refractivity contribution >= 4 is 37.9 Å². The van der Waals surface area contributed by atoms with Gasteiger partial charge in [-0.05, 0) is 5.92 Å². The minimum Gasteiger partial charge on any atom is -0.174 e. The Hall–Kier alpha value is 1.05. The third-order valence-corrected chi connectivity index (χ3v) is 4.09. The van der Waals surface area contributed by atoms with Crippen molar-refractivity contribution in [1.82, 2.24) is 0 Å². The van der Waals surface area contributed by atoms with Crippen LogP contribution in [-0.4, -0.2) is 9.33 Å². The molecule has 0 aromatic rings. The molecule has 0 amide bonds. The van der Waals surface area contributed by atoms with Gasteiger partial charge in [-0.3, -0.25) is 0 Å². The zero-order chi connectivity index (χ0) is 7.65. The summed E-state index contributed by atoms with van der Waals surface area (Å²) in [7, 11) is 0. The van der Waals surface area contributed by atoms with Crippen LogP contribution in [0.4, 0.5) is 0 Å². The van der Waals surface area contributed by atoms with E-state index in [1.54, 1.807) is 0 Å². The molecule has 0 saturated heterocycles. The summed E-state index contributed by atoms with van der Waals surface area (Å²) in [6, 6.07) is 0. The Balaban J connectivity index is 4.01. The normalized spacial score (nSPS) is 16.3. The molecule has 0 aromatic heterocycles. The van der Waals surface area contributed by atoms with Gasteiger partial charge < -0.3 is 0 Å². The van der Waals surface area contributed by atoms with Gasteiger partial charge in [0.25, 0.3) is 0 Å². The Morgan fingerprint density at radius 1 is 1.11 bits per heavy atom. The first kappa shape index (κ1) is 10.0. The maximum Gasteiger partial charge on any atom is 0.0687 e. The molecular formula is C6H14S3. The van der Waals surface area contributed by atoms with E-state index in [0.717, 1.165) is 0 Å². The molecule has 0 aliphatic rings. The molecule has 0 fully saturated rings. The van der Waals surface area contributed by atoms with Crippen molar-refractivity contribution in [2.24, 2.45) is 5.92 Å². The first-order valence-electron chi connectivity index (χ1n) is 3.01. The van der Waals surface area contributed by atoms with Gasteiger partial charge in [0.2, 0.25) is 0 Å². The van der Waals surface area contributed by atoms with Crippen LogP contribution < -0.4 is 0 Å². The number of rotatable bonds is 2. The quantitative estimate of drug-likeness (QED) is 0.424. The van der Waals surface area contributed by atoms with Crippen molar-refractivity contribution < 1.29 is 0 Å². The maximum atomic E-state index is 4.36. The lowest BCUT2D eigenvalue weighted by Gasteiger charge is -2.30. The van der Waals surface area contributed by atoms with Crippen LogP contribution in [0.5, 0.6) is 0 Å². The molecular weight excluding hydrogens is 168 g/mol. The predicted molar refractivity (Wildman–Crippen MR) is 54.0 cm³/mol. The summed E-state index contributed by atoms with van der Waals surface area (Å²) >= 11 is 13.0. The SMILES string of the molecule is CC(C)C(S)(S)C(C)S. The van der Waals surface area contributed by atoms with Crippen LogP contribution in [-0.2, 0) is 0 Å². The number of hydrogen-bond acceptors (Lipinski definition) is 3. The van der Waals surface area contributed by atoms with Crippen LogP contribution in [0.25, 0.3) is 0 Å². The highest BCUT2D eigenvalue weighted by Crippen LogP contribution is 2.35. The smallest absolute Gasteiger partial charge is 0.0687 e. The molecule has 0 aromatic carbocycles. The van der Waals surface area contributed by atoms with Crippen molar-refractivity contribution in [2.75, 3.05) is 0 Å².